The van der Waals surface area contributed by atoms with Crippen LogP contribution < -0.4 is 10.9 Å². The van der Waals surface area contributed by atoms with Crippen LogP contribution >= 0.6 is 11.6 Å². The van der Waals surface area contributed by atoms with Gasteiger partial charge >= 0.3 is 5.97 Å². The fourth-order valence-electron chi connectivity index (χ4n) is 4.15. The van der Waals surface area contributed by atoms with E-state index in [1.165, 1.54) is 11.6 Å². The molecule has 0 saturated heterocycles. The van der Waals surface area contributed by atoms with Gasteiger partial charge in [0.15, 0.2) is 6.61 Å². The lowest BCUT2D eigenvalue weighted by atomic mass is 9.97. The molecular formula is C24H23ClN2O4. The van der Waals surface area contributed by atoms with Crippen molar-refractivity contribution in [3.8, 4) is 11.1 Å². The molecule has 31 heavy (non-hydrogen) atoms. The topological polar surface area (TPSA) is 77.4 Å². The Bertz CT molecular complexity index is 1190. The van der Waals surface area contributed by atoms with Gasteiger partial charge in [0.1, 0.15) is 5.69 Å². The number of aromatic nitrogens is 1. The molecule has 2 aromatic carbocycles. The van der Waals surface area contributed by atoms with E-state index in [0.29, 0.717) is 21.4 Å². The number of nitrogens with zero attached hydrogens (tertiary/aromatic N) is 1. The summed E-state index contributed by atoms with van der Waals surface area (Å²) in [6, 6.07) is 14.3. The molecule has 1 aromatic heterocycles. The Kier molecular flexibility index (Phi) is 6.09. The van der Waals surface area contributed by atoms with E-state index in [9.17, 15) is 14.4 Å². The Morgan fingerprint density at radius 2 is 1.71 bits per heavy atom. The summed E-state index contributed by atoms with van der Waals surface area (Å²) < 4.78 is 6.62. The van der Waals surface area contributed by atoms with Crippen molar-refractivity contribution in [2.24, 2.45) is 7.05 Å². The van der Waals surface area contributed by atoms with Crippen molar-refractivity contribution < 1.29 is 14.3 Å². The summed E-state index contributed by atoms with van der Waals surface area (Å²) in [5.74, 6) is -1.06. The first kappa shape index (κ1) is 21.1. The number of carbonyl (C=O) groups excluding carboxylic acids is 2. The molecule has 3 aromatic rings. The van der Waals surface area contributed by atoms with E-state index in [1.807, 2.05) is 6.07 Å². The molecule has 1 aliphatic carbocycles. The van der Waals surface area contributed by atoms with Gasteiger partial charge in [-0.05, 0) is 42.0 Å². The number of fused-ring (bicyclic) bond motifs is 1. The SMILES string of the molecule is Cn1c(C(=O)OCC(=O)NC2CCCC2)c(-c2ccc(Cl)cc2)c2ccccc2c1=O. The van der Waals surface area contributed by atoms with E-state index in [-0.39, 0.29) is 23.2 Å². The fraction of sp³-hybridized carbons (Fsp3) is 0.292. The third kappa shape index (κ3) is 4.35. The van der Waals surface area contributed by atoms with Crippen LogP contribution in [-0.4, -0.2) is 29.1 Å². The number of hydrogen-bond acceptors (Lipinski definition) is 4. The number of esters is 1. The van der Waals surface area contributed by atoms with Gasteiger partial charge in [0, 0.05) is 29.1 Å². The second kappa shape index (κ2) is 8.94. The molecule has 160 valence electrons. The average molecular weight is 439 g/mol. The number of carbonyl (C=O) groups is 2. The van der Waals surface area contributed by atoms with Crippen LogP contribution in [0.15, 0.2) is 53.3 Å². The fourth-order valence-corrected chi connectivity index (χ4v) is 4.28. The molecule has 0 bridgehead atoms. The predicted molar refractivity (Wildman–Crippen MR) is 120 cm³/mol. The van der Waals surface area contributed by atoms with Gasteiger partial charge in [-0.2, -0.15) is 0 Å². The highest BCUT2D eigenvalue weighted by Gasteiger charge is 2.24. The molecule has 1 fully saturated rings. The van der Waals surface area contributed by atoms with Crippen LogP contribution in [0.3, 0.4) is 0 Å². The quantitative estimate of drug-likeness (QED) is 0.609. The van der Waals surface area contributed by atoms with E-state index in [0.717, 1.165) is 31.2 Å². The number of rotatable bonds is 5. The van der Waals surface area contributed by atoms with E-state index in [1.54, 1.807) is 42.5 Å². The zero-order chi connectivity index (χ0) is 22.0. The molecule has 0 unspecified atom stereocenters. The van der Waals surface area contributed by atoms with E-state index < -0.39 is 12.6 Å². The maximum absolute atomic E-state index is 13.1. The number of amides is 1. The number of halogens is 1. The van der Waals surface area contributed by atoms with Gasteiger partial charge in [-0.1, -0.05) is 54.8 Å². The van der Waals surface area contributed by atoms with Crippen LogP contribution in [0.4, 0.5) is 0 Å². The van der Waals surface area contributed by atoms with Gasteiger partial charge in [-0.15, -0.1) is 0 Å². The third-order valence-corrected chi connectivity index (χ3v) is 5.94. The molecule has 6 nitrogen and oxygen atoms in total. The van der Waals surface area contributed by atoms with Crippen LogP contribution in [0.2, 0.25) is 5.02 Å². The van der Waals surface area contributed by atoms with Crippen molar-refractivity contribution in [2.45, 2.75) is 31.7 Å². The van der Waals surface area contributed by atoms with Crippen molar-refractivity contribution in [1.29, 1.82) is 0 Å². The van der Waals surface area contributed by atoms with Gasteiger partial charge < -0.3 is 14.6 Å². The Balaban J connectivity index is 1.72. The van der Waals surface area contributed by atoms with Crippen LogP contribution in [0.1, 0.15) is 36.2 Å². The van der Waals surface area contributed by atoms with Gasteiger partial charge in [-0.25, -0.2) is 4.79 Å². The third-order valence-electron chi connectivity index (χ3n) is 5.68. The minimum Gasteiger partial charge on any atom is -0.451 e. The average Bonchev–Trinajstić information content (AvgIpc) is 3.28. The van der Waals surface area contributed by atoms with E-state index >= 15 is 0 Å². The second-order valence-electron chi connectivity index (χ2n) is 7.77. The normalized spacial score (nSPS) is 14.0. The van der Waals surface area contributed by atoms with Crippen molar-refractivity contribution in [1.82, 2.24) is 9.88 Å². The molecule has 0 spiro atoms. The lowest BCUT2D eigenvalue weighted by Crippen LogP contribution is -2.36. The molecule has 1 saturated carbocycles. The summed E-state index contributed by atoms with van der Waals surface area (Å²) in [6.45, 7) is -0.392. The minimum atomic E-state index is -0.725. The standard InChI is InChI=1S/C24H23ClN2O4/c1-27-22(24(30)31-14-20(28)26-17-6-2-3-7-17)21(15-10-12-16(25)13-11-15)18-8-4-5-9-19(18)23(27)29/h4-5,8-13,17H,2-3,6-7,14H2,1H3,(H,26,28). The molecule has 4 rings (SSSR count). The Morgan fingerprint density at radius 3 is 2.39 bits per heavy atom. The lowest BCUT2D eigenvalue weighted by Gasteiger charge is -2.17. The zero-order valence-electron chi connectivity index (χ0n) is 17.2. The number of hydrogen-bond donors (Lipinski definition) is 1. The summed E-state index contributed by atoms with van der Waals surface area (Å²) in [5.41, 5.74) is 1.07. The van der Waals surface area contributed by atoms with Crippen molar-refractivity contribution in [3.63, 3.8) is 0 Å². The maximum atomic E-state index is 13.1. The van der Waals surface area contributed by atoms with Crippen molar-refractivity contribution in [3.05, 3.63) is 69.6 Å². The molecule has 0 aliphatic heterocycles. The molecule has 1 amide bonds. The van der Waals surface area contributed by atoms with Crippen LogP contribution in [0, 0.1) is 0 Å². The summed E-state index contributed by atoms with van der Waals surface area (Å²) in [5, 5.41) is 4.58. The number of nitrogens with one attached hydrogen (secondary N) is 1. The zero-order valence-corrected chi connectivity index (χ0v) is 17.9. The largest absolute Gasteiger partial charge is 0.451 e. The van der Waals surface area contributed by atoms with Gasteiger partial charge in [0.2, 0.25) is 0 Å². The molecule has 1 N–H and O–H groups in total. The maximum Gasteiger partial charge on any atom is 0.356 e. The predicted octanol–water partition coefficient (Wildman–Crippen LogP) is 4.07. The first-order valence-electron chi connectivity index (χ1n) is 10.3. The molecular weight excluding hydrogens is 416 g/mol. The van der Waals surface area contributed by atoms with Crippen LogP contribution in [-0.2, 0) is 16.6 Å². The smallest absolute Gasteiger partial charge is 0.356 e. The number of pyridine rings is 1. The Labute approximate surface area is 184 Å². The first-order valence-corrected chi connectivity index (χ1v) is 10.7. The van der Waals surface area contributed by atoms with E-state index in [4.69, 9.17) is 16.3 Å². The highest BCUT2D eigenvalue weighted by Crippen LogP contribution is 2.31. The summed E-state index contributed by atoms with van der Waals surface area (Å²) in [7, 11) is 1.53. The molecule has 0 radical (unpaired) electrons. The highest BCUT2D eigenvalue weighted by molar-refractivity contribution is 6.30. The van der Waals surface area contributed by atoms with Crippen molar-refractivity contribution >= 4 is 34.2 Å². The van der Waals surface area contributed by atoms with Gasteiger partial charge in [0.05, 0.1) is 0 Å². The van der Waals surface area contributed by atoms with Crippen LogP contribution in [0.5, 0.6) is 0 Å². The summed E-state index contributed by atoms with van der Waals surface area (Å²) in [6.07, 6.45) is 4.07. The Morgan fingerprint density at radius 1 is 1.06 bits per heavy atom. The van der Waals surface area contributed by atoms with Gasteiger partial charge in [-0.3, -0.25) is 9.59 Å². The summed E-state index contributed by atoms with van der Waals surface area (Å²) >= 11 is 6.04. The number of ether oxygens (including phenoxy) is 1. The first-order chi connectivity index (χ1) is 15.0. The lowest BCUT2D eigenvalue weighted by molar-refractivity contribution is -0.124. The van der Waals surface area contributed by atoms with Crippen LogP contribution in [0.25, 0.3) is 21.9 Å². The molecule has 0 atom stereocenters. The van der Waals surface area contributed by atoms with Gasteiger partial charge in [0.25, 0.3) is 11.5 Å². The van der Waals surface area contributed by atoms with Crippen molar-refractivity contribution in [2.75, 3.05) is 6.61 Å². The Hall–Kier alpha value is -3.12. The minimum absolute atomic E-state index is 0.0969. The molecule has 1 aliphatic rings. The summed E-state index contributed by atoms with van der Waals surface area (Å²) in [4.78, 5) is 38.2. The highest BCUT2D eigenvalue weighted by atomic mass is 35.5. The van der Waals surface area contributed by atoms with E-state index in [2.05, 4.69) is 5.32 Å². The molecule has 7 heteroatoms. The monoisotopic (exact) mass is 438 g/mol. The number of benzene rings is 2. The molecule has 1 heterocycles. The second-order valence-corrected chi connectivity index (χ2v) is 8.20.